The van der Waals surface area contributed by atoms with E-state index < -0.39 is 10.0 Å². The number of rotatable bonds is 8. The van der Waals surface area contributed by atoms with Crippen LogP contribution in [0.3, 0.4) is 0 Å². The quantitative estimate of drug-likeness (QED) is 0.645. The second kappa shape index (κ2) is 9.61. The Labute approximate surface area is 177 Å². The van der Waals surface area contributed by atoms with Gasteiger partial charge in [0.1, 0.15) is 0 Å². The summed E-state index contributed by atoms with van der Waals surface area (Å²) in [4.78, 5) is 15.0. The topological polar surface area (TPSA) is 69.7 Å². The average Bonchev–Trinajstić information content (AvgIpc) is 3.24. The van der Waals surface area contributed by atoms with E-state index in [9.17, 15) is 13.2 Å². The van der Waals surface area contributed by atoms with Gasteiger partial charge < -0.3 is 10.2 Å². The Balaban J connectivity index is 1.63. The van der Waals surface area contributed by atoms with Crippen molar-refractivity contribution in [3.8, 4) is 0 Å². The molecule has 0 bridgehead atoms. The van der Waals surface area contributed by atoms with Gasteiger partial charge in [-0.1, -0.05) is 17.7 Å². The van der Waals surface area contributed by atoms with Crippen molar-refractivity contribution in [3.05, 3.63) is 59.1 Å². The molecule has 0 spiro atoms. The van der Waals surface area contributed by atoms with Crippen molar-refractivity contribution in [1.29, 1.82) is 0 Å². The van der Waals surface area contributed by atoms with Crippen molar-refractivity contribution in [2.45, 2.75) is 24.2 Å². The molecule has 0 atom stereocenters. The van der Waals surface area contributed by atoms with Gasteiger partial charge in [0.2, 0.25) is 0 Å². The van der Waals surface area contributed by atoms with Crippen molar-refractivity contribution >= 4 is 33.2 Å². The van der Waals surface area contributed by atoms with Gasteiger partial charge in [-0.25, -0.2) is 8.42 Å². The van der Waals surface area contributed by atoms with Crippen LogP contribution in [-0.2, 0) is 10.0 Å². The number of carbonyl (C=O) groups excluding carboxylic acids is 1. The minimum absolute atomic E-state index is 0.140. The van der Waals surface area contributed by atoms with E-state index in [2.05, 4.69) is 10.2 Å². The molecule has 1 heterocycles. The number of sulfonamides is 1. The molecule has 1 aliphatic heterocycles. The van der Waals surface area contributed by atoms with Gasteiger partial charge in [-0.15, -0.1) is 0 Å². The molecule has 2 aromatic carbocycles. The molecule has 1 saturated heterocycles. The average molecular weight is 436 g/mol. The lowest BCUT2D eigenvalue weighted by molar-refractivity contribution is 0.0952. The van der Waals surface area contributed by atoms with Gasteiger partial charge in [-0.05, 0) is 81.4 Å². The Morgan fingerprint density at radius 1 is 1.14 bits per heavy atom. The summed E-state index contributed by atoms with van der Waals surface area (Å²) in [5, 5.41) is 3.39. The summed E-state index contributed by atoms with van der Waals surface area (Å²) in [6.07, 6.45) is 3.41. The SMILES string of the molecule is CN(c1cccc(C(=O)NCCCN2CCCC2)c1)S(=O)(=O)c1ccc(Cl)cc1. The van der Waals surface area contributed by atoms with Gasteiger partial charge in [-0.3, -0.25) is 9.10 Å². The monoisotopic (exact) mass is 435 g/mol. The molecule has 6 nitrogen and oxygen atoms in total. The van der Waals surface area contributed by atoms with Crippen LogP contribution in [0.2, 0.25) is 5.02 Å². The third-order valence-corrected chi connectivity index (χ3v) is 7.13. The maximum absolute atomic E-state index is 12.8. The van der Waals surface area contributed by atoms with Crippen LogP contribution in [0.1, 0.15) is 29.6 Å². The number of nitrogens with one attached hydrogen (secondary N) is 1. The van der Waals surface area contributed by atoms with E-state index in [0.29, 0.717) is 22.8 Å². The van der Waals surface area contributed by atoms with Crippen LogP contribution in [0.25, 0.3) is 0 Å². The summed E-state index contributed by atoms with van der Waals surface area (Å²) in [7, 11) is -2.27. The summed E-state index contributed by atoms with van der Waals surface area (Å²) < 4.78 is 26.8. The van der Waals surface area contributed by atoms with Gasteiger partial charge in [0.25, 0.3) is 15.9 Å². The summed E-state index contributed by atoms with van der Waals surface area (Å²) in [5.74, 6) is -0.203. The fourth-order valence-electron chi connectivity index (χ4n) is 3.36. The molecule has 8 heteroatoms. The Morgan fingerprint density at radius 2 is 1.83 bits per heavy atom. The fraction of sp³-hybridized carbons (Fsp3) is 0.381. The first-order valence-electron chi connectivity index (χ1n) is 9.73. The van der Waals surface area contributed by atoms with E-state index in [-0.39, 0.29) is 10.8 Å². The molecule has 0 aromatic heterocycles. The fourth-order valence-corrected chi connectivity index (χ4v) is 4.67. The lowest BCUT2D eigenvalue weighted by Crippen LogP contribution is -2.29. The Kier molecular flexibility index (Phi) is 7.16. The molecule has 2 aromatic rings. The van der Waals surface area contributed by atoms with Crippen LogP contribution in [-0.4, -0.2) is 52.5 Å². The molecule has 1 fully saturated rings. The largest absolute Gasteiger partial charge is 0.352 e. The van der Waals surface area contributed by atoms with Crippen molar-refractivity contribution in [1.82, 2.24) is 10.2 Å². The molecular formula is C21H26ClN3O3S. The second-order valence-corrected chi connectivity index (χ2v) is 9.54. The second-order valence-electron chi connectivity index (χ2n) is 7.13. The number of halogens is 1. The smallest absolute Gasteiger partial charge is 0.264 e. The highest BCUT2D eigenvalue weighted by molar-refractivity contribution is 7.92. The van der Waals surface area contributed by atoms with Crippen molar-refractivity contribution in [3.63, 3.8) is 0 Å². The van der Waals surface area contributed by atoms with E-state index in [4.69, 9.17) is 11.6 Å². The normalized spacial score (nSPS) is 14.7. The van der Waals surface area contributed by atoms with E-state index in [1.165, 1.54) is 48.5 Å². The van der Waals surface area contributed by atoms with E-state index in [0.717, 1.165) is 26.1 Å². The molecule has 156 valence electrons. The first kappa shape index (κ1) is 21.6. The van der Waals surface area contributed by atoms with Crippen LogP contribution in [0, 0.1) is 0 Å². The third kappa shape index (κ3) is 5.50. The predicted molar refractivity (Wildman–Crippen MR) is 116 cm³/mol. The Bertz CT molecular complexity index is 942. The molecule has 1 aliphatic rings. The number of nitrogens with zero attached hydrogens (tertiary/aromatic N) is 2. The standard InChI is InChI=1S/C21H26ClN3O3S/c1-24(29(27,28)20-10-8-18(22)9-11-20)19-7-4-6-17(16-19)21(26)23-12-5-15-25-13-2-3-14-25/h4,6-11,16H,2-3,5,12-15H2,1H3,(H,23,26). The van der Waals surface area contributed by atoms with Crippen LogP contribution < -0.4 is 9.62 Å². The summed E-state index contributed by atoms with van der Waals surface area (Å²) >= 11 is 5.85. The maximum atomic E-state index is 12.8. The van der Waals surface area contributed by atoms with Crippen LogP contribution in [0.15, 0.2) is 53.4 Å². The molecule has 29 heavy (non-hydrogen) atoms. The van der Waals surface area contributed by atoms with Crippen LogP contribution in [0.4, 0.5) is 5.69 Å². The molecule has 0 radical (unpaired) electrons. The first-order chi connectivity index (χ1) is 13.9. The number of amides is 1. The van der Waals surface area contributed by atoms with Crippen molar-refractivity contribution in [2.24, 2.45) is 0 Å². The molecular weight excluding hydrogens is 410 g/mol. The zero-order chi connectivity index (χ0) is 20.9. The number of carbonyl (C=O) groups is 1. The van der Waals surface area contributed by atoms with Crippen LogP contribution >= 0.6 is 11.6 Å². The summed E-state index contributed by atoms with van der Waals surface area (Å²) in [6.45, 7) is 3.87. The number of anilines is 1. The zero-order valence-electron chi connectivity index (χ0n) is 16.5. The first-order valence-corrected chi connectivity index (χ1v) is 11.5. The van der Waals surface area contributed by atoms with Gasteiger partial charge >= 0.3 is 0 Å². The van der Waals surface area contributed by atoms with Gasteiger partial charge in [0.15, 0.2) is 0 Å². The lowest BCUT2D eigenvalue weighted by Gasteiger charge is -2.20. The molecule has 0 unspecified atom stereocenters. The highest BCUT2D eigenvalue weighted by atomic mass is 35.5. The zero-order valence-corrected chi connectivity index (χ0v) is 18.0. The van der Waals surface area contributed by atoms with Gasteiger partial charge in [0, 0.05) is 24.2 Å². The number of hydrogen-bond acceptors (Lipinski definition) is 4. The highest BCUT2D eigenvalue weighted by Crippen LogP contribution is 2.24. The van der Waals surface area contributed by atoms with Crippen LogP contribution in [0.5, 0.6) is 0 Å². The van der Waals surface area contributed by atoms with Gasteiger partial charge in [-0.2, -0.15) is 0 Å². The van der Waals surface area contributed by atoms with E-state index in [1.54, 1.807) is 24.3 Å². The third-order valence-electron chi connectivity index (χ3n) is 5.08. The van der Waals surface area contributed by atoms with E-state index in [1.807, 2.05) is 0 Å². The maximum Gasteiger partial charge on any atom is 0.264 e. The minimum Gasteiger partial charge on any atom is -0.352 e. The Morgan fingerprint density at radius 3 is 2.52 bits per heavy atom. The Hall–Kier alpha value is -2.09. The highest BCUT2D eigenvalue weighted by Gasteiger charge is 2.22. The number of hydrogen-bond donors (Lipinski definition) is 1. The van der Waals surface area contributed by atoms with E-state index >= 15 is 0 Å². The predicted octanol–water partition coefficient (Wildman–Crippen LogP) is 3.38. The number of likely N-dealkylation sites (tertiary alicyclic amines) is 1. The molecule has 3 rings (SSSR count). The van der Waals surface area contributed by atoms with Crippen molar-refractivity contribution in [2.75, 3.05) is 37.5 Å². The lowest BCUT2D eigenvalue weighted by atomic mass is 10.2. The summed E-state index contributed by atoms with van der Waals surface area (Å²) in [5.41, 5.74) is 0.853. The minimum atomic E-state index is -3.74. The summed E-state index contributed by atoms with van der Waals surface area (Å²) in [6, 6.07) is 12.6. The van der Waals surface area contributed by atoms with Gasteiger partial charge in [0.05, 0.1) is 10.6 Å². The van der Waals surface area contributed by atoms with Crippen molar-refractivity contribution < 1.29 is 13.2 Å². The number of benzene rings is 2. The molecule has 0 saturated carbocycles. The molecule has 1 N–H and O–H groups in total. The molecule has 1 amide bonds. The molecule has 0 aliphatic carbocycles.